The average Bonchev–Trinajstić information content (AvgIpc) is 3.16. The van der Waals surface area contributed by atoms with Crippen molar-refractivity contribution in [2.45, 2.75) is 13.0 Å². The van der Waals surface area contributed by atoms with Gasteiger partial charge in [-0.05, 0) is 56.2 Å². The molecular formula is C19H23Cl2N3O2S. The fraction of sp³-hybridized carbons (Fsp3) is 0.368. The standard InChI is InChI=1S/C19H23Cl2N3O2S/c1-23(2)7-3-8-24(12-14-4-5-16(20)17(21)10-14)18(25)11-22-19(26)15-6-9-27-13-15/h4-6,9-10,13H,3,7-8,11-12H2,1-2H3,(H,22,26). The molecule has 0 bridgehead atoms. The molecule has 1 heterocycles. The Bertz CT molecular complexity index is 766. The van der Waals surface area contributed by atoms with Crippen molar-refractivity contribution in [1.29, 1.82) is 0 Å². The van der Waals surface area contributed by atoms with E-state index in [0.717, 1.165) is 18.5 Å². The molecule has 5 nitrogen and oxygen atoms in total. The maximum absolute atomic E-state index is 12.7. The summed E-state index contributed by atoms with van der Waals surface area (Å²) in [5, 5.41) is 7.21. The topological polar surface area (TPSA) is 52.6 Å². The van der Waals surface area contributed by atoms with Crippen LogP contribution in [0.25, 0.3) is 0 Å². The molecule has 146 valence electrons. The Morgan fingerprint density at radius 1 is 1.11 bits per heavy atom. The van der Waals surface area contributed by atoms with Crippen molar-refractivity contribution in [2.24, 2.45) is 0 Å². The lowest BCUT2D eigenvalue weighted by atomic mass is 10.2. The van der Waals surface area contributed by atoms with Gasteiger partial charge in [0.05, 0.1) is 16.6 Å². The molecule has 27 heavy (non-hydrogen) atoms. The first-order valence-corrected chi connectivity index (χ1v) is 10.2. The van der Waals surface area contributed by atoms with Gasteiger partial charge in [-0.3, -0.25) is 9.59 Å². The van der Waals surface area contributed by atoms with Crippen LogP contribution in [0.1, 0.15) is 22.3 Å². The van der Waals surface area contributed by atoms with Crippen molar-refractivity contribution in [2.75, 3.05) is 33.7 Å². The second-order valence-corrected chi connectivity index (χ2v) is 8.01. The first-order chi connectivity index (χ1) is 12.9. The number of rotatable bonds is 9. The number of hydrogen-bond acceptors (Lipinski definition) is 4. The monoisotopic (exact) mass is 427 g/mol. The van der Waals surface area contributed by atoms with Crippen LogP contribution in [-0.2, 0) is 11.3 Å². The van der Waals surface area contributed by atoms with Crippen LogP contribution in [0, 0.1) is 0 Å². The number of hydrogen-bond donors (Lipinski definition) is 1. The van der Waals surface area contributed by atoms with E-state index in [-0.39, 0.29) is 18.4 Å². The lowest BCUT2D eigenvalue weighted by molar-refractivity contribution is -0.130. The second-order valence-electron chi connectivity index (χ2n) is 6.42. The van der Waals surface area contributed by atoms with Crippen molar-refractivity contribution in [1.82, 2.24) is 15.1 Å². The van der Waals surface area contributed by atoms with E-state index < -0.39 is 0 Å². The molecule has 0 aliphatic carbocycles. The summed E-state index contributed by atoms with van der Waals surface area (Å²) in [4.78, 5) is 28.6. The van der Waals surface area contributed by atoms with Crippen molar-refractivity contribution in [3.8, 4) is 0 Å². The van der Waals surface area contributed by atoms with Gasteiger partial charge in [0.15, 0.2) is 0 Å². The van der Waals surface area contributed by atoms with Crippen LogP contribution in [0.4, 0.5) is 0 Å². The van der Waals surface area contributed by atoms with Gasteiger partial charge in [-0.2, -0.15) is 11.3 Å². The predicted molar refractivity (Wildman–Crippen MR) is 112 cm³/mol. The molecule has 1 N–H and O–H groups in total. The normalized spacial score (nSPS) is 10.9. The van der Waals surface area contributed by atoms with Crippen LogP contribution in [0.2, 0.25) is 10.0 Å². The largest absolute Gasteiger partial charge is 0.343 e. The number of nitrogens with one attached hydrogen (secondary N) is 1. The summed E-state index contributed by atoms with van der Waals surface area (Å²) in [6.07, 6.45) is 0.832. The Morgan fingerprint density at radius 3 is 2.52 bits per heavy atom. The van der Waals surface area contributed by atoms with E-state index in [1.165, 1.54) is 11.3 Å². The number of thiophene rings is 1. The SMILES string of the molecule is CN(C)CCCN(Cc1ccc(Cl)c(Cl)c1)C(=O)CNC(=O)c1ccsc1. The Morgan fingerprint density at radius 2 is 1.89 bits per heavy atom. The van der Waals surface area contributed by atoms with Crippen LogP contribution in [-0.4, -0.2) is 55.3 Å². The number of benzene rings is 1. The van der Waals surface area contributed by atoms with Crippen molar-refractivity contribution < 1.29 is 9.59 Å². The first kappa shape index (κ1) is 21.7. The van der Waals surface area contributed by atoms with Crippen LogP contribution in [0.15, 0.2) is 35.0 Å². The summed E-state index contributed by atoms with van der Waals surface area (Å²) in [5.41, 5.74) is 1.46. The molecule has 0 spiro atoms. The van der Waals surface area contributed by atoms with Gasteiger partial charge >= 0.3 is 0 Å². The fourth-order valence-corrected chi connectivity index (χ4v) is 3.45. The quantitative estimate of drug-likeness (QED) is 0.662. The van der Waals surface area contributed by atoms with Gasteiger partial charge in [0, 0.05) is 24.0 Å². The zero-order chi connectivity index (χ0) is 19.8. The van der Waals surface area contributed by atoms with E-state index in [0.29, 0.717) is 28.7 Å². The highest BCUT2D eigenvalue weighted by molar-refractivity contribution is 7.08. The van der Waals surface area contributed by atoms with Gasteiger partial charge in [-0.25, -0.2) is 0 Å². The Balaban J connectivity index is 1.99. The van der Waals surface area contributed by atoms with E-state index in [9.17, 15) is 9.59 Å². The van der Waals surface area contributed by atoms with Crippen molar-refractivity contribution in [3.05, 3.63) is 56.2 Å². The number of amides is 2. The van der Waals surface area contributed by atoms with E-state index >= 15 is 0 Å². The van der Waals surface area contributed by atoms with Gasteiger partial charge in [0.1, 0.15) is 0 Å². The Kier molecular flexibility index (Phi) is 8.57. The maximum Gasteiger partial charge on any atom is 0.252 e. The highest BCUT2D eigenvalue weighted by Gasteiger charge is 2.16. The summed E-state index contributed by atoms with van der Waals surface area (Å²) in [7, 11) is 3.98. The molecule has 0 saturated carbocycles. The fourth-order valence-electron chi connectivity index (χ4n) is 2.49. The van der Waals surface area contributed by atoms with Crippen molar-refractivity contribution >= 4 is 46.4 Å². The summed E-state index contributed by atoms with van der Waals surface area (Å²) < 4.78 is 0. The molecule has 2 aromatic rings. The summed E-state index contributed by atoms with van der Waals surface area (Å²) in [6, 6.07) is 7.07. The molecule has 0 atom stereocenters. The number of carbonyl (C=O) groups is 2. The minimum Gasteiger partial charge on any atom is -0.343 e. The third-order valence-corrected chi connectivity index (χ3v) is 5.35. The summed E-state index contributed by atoms with van der Waals surface area (Å²) >= 11 is 13.5. The zero-order valence-corrected chi connectivity index (χ0v) is 17.7. The summed E-state index contributed by atoms with van der Waals surface area (Å²) in [5.74, 6) is -0.379. The van der Waals surface area contributed by atoms with Gasteiger partial charge in [-0.15, -0.1) is 0 Å². The van der Waals surface area contributed by atoms with Crippen LogP contribution in [0.5, 0.6) is 0 Å². The highest BCUT2D eigenvalue weighted by atomic mass is 35.5. The van der Waals surface area contributed by atoms with Gasteiger partial charge in [-0.1, -0.05) is 29.3 Å². The summed E-state index contributed by atoms with van der Waals surface area (Å²) in [6.45, 7) is 1.83. The predicted octanol–water partition coefficient (Wildman–Crippen LogP) is 3.77. The minimum atomic E-state index is -0.243. The molecule has 8 heteroatoms. The molecule has 1 aromatic carbocycles. The third-order valence-electron chi connectivity index (χ3n) is 3.93. The number of halogens is 2. The molecule has 0 radical (unpaired) electrons. The van der Waals surface area contributed by atoms with Gasteiger partial charge in [0.2, 0.25) is 5.91 Å². The van der Waals surface area contributed by atoms with E-state index in [1.54, 1.807) is 28.5 Å². The second kappa shape index (κ2) is 10.7. The first-order valence-electron chi connectivity index (χ1n) is 8.53. The minimum absolute atomic E-state index is 0.0437. The van der Waals surface area contributed by atoms with Crippen LogP contribution < -0.4 is 5.32 Å². The lowest BCUT2D eigenvalue weighted by Gasteiger charge is -2.24. The molecule has 0 aliphatic rings. The van der Waals surface area contributed by atoms with E-state index in [1.807, 2.05) is 25.5 Å². The van der Waals surface area contributed by atoms with Gasteiger partial charge < -0.3 is 15.1 Å². The smallest absolute Gasteiger partial charge is 0.252 e. The average molecular weight is 428 g/mol. The Hall–Kier alpha value is -1.60. The van der Waals surface area contributed by atoms with Crippen LogP contribution in [0.3, 0.4) is 0 Å². The van der Waals surface area contributed by atoms with Crippen LogP contribution >= 0.6 is 34.5 Å². The molecule has 0 unspecified atom stereocenters. The molecule has 1 aromatic heterocycles. The molecule has 0 aliphatic heterocycles. The van der Waals surface area contributed by atoms with E-state index in [2.05, 4.69) is 10.2 Å². The zero-order valence-electron chi connectivity index (χ0n) is 15.4. The maximum atomic E-state index is 12.7. The molecule has 0 saturated heterocycles. The lowest BCUT2D eigenvalue weighted by Crippen LogP contribution is -2.40. The van der Waals surface area contributed by atoms with Gasteiger partial charge in [0.25, 0.3) is 5.91 Å². The van der Waals surface area contributed by atoms with E-state index in [4.69, 9.17) is 23.2 Å². The molecule has 2 amide bonds. The molecule has 2 rings (SSSR count). The van der Waals surface area contributed by atoms with Crippen molar-refractivity contribution in [3.63, 3.8) is 0 Å². The third kappa shape index (κ3) is 7.14. The number of nitrogens with zero attached hydrogens (tertiary/aromatic N) is 2. The molecular weight excluding hydrogens is 405 g/mol. The highest BCUT2D eigenvalue weighted by Crippen LogP contribution is 2.23. The molecule has 0 fully saturated rings. The number of carbonyl (C=O) groups excluding carboxylic acids is 2. The Labute approximate surface area is 173 Å².